The number of nitrogens with zero attached hydrogens (tertiary/aromatic N) is 1. The van der Waals surface area contributed by atoms with Crippen LogP contribution in [-0.2, 0) is 9.59 Å². The molecule has 0 unspecified atom stereocenters. The van der Waals surface area contributed by atoms with Gasteiger partial charge in [-0.2, -0.15) is 0 Å². The lowest BCUT2D eigenvalue weighted by Gasteiger charge is -2.27. The SMILES string of the molecule is COc1ccc(C2=CSCC(=O)N2CC(=O)O)cc1OC. The van der Waals surface area contributed by atoms with Gasteiger partial charge in [-0.15, -0.1) is 11.8 Å². The Morgan fingerprint density at radius 2 is 2.05 bits per heavy atom. The van der Waals surface area contributed by atoms with Crippen molar-refractivity contribution in [1.29, 1.82) is 0 Å². The van der Waals surface area contributed by atoms with Crippen molar-refractivity contribution in [3.8, 4) is 11.5 Å². The van der Waals surface area contributed by atoms with E-state index in [0.717, 1.165) is 0 Å². The molecule has 0 fully saturated rings. The summed E-state index contributed by atoms with van der Waals surface area (Å²) in [5.74, 6) is 0.0521. The summed E-state index contributed by atoms with van der Waals surface area (Å²) in [4.78, 5) is 24.1. The minimum absolute atomic E-state index is 0.227. The molecule has 1 heterocycles. The number of rotatable bonds is 5. The first-order valence-electron chi connectivity index (χ1n) is 6.13. The summed E-state index contributed by atoms with van der Waals surface area (Å²) < 4.78 is 10.4. The van der Waals surface area contributed by atoms with Gasteiger partial charge in [-0.25, -0.2) is 0 Å². The van der Waals surface area contributed by atoms with Gasteiger partial charge in [0, 0.05) is 5.56 Å². The fraction of sp³-hybridized carbons (Fsp3) is 0.286. The molecule has 0 aromatic heterocycles. The summed E-state index contributed by atoms with van der Waals surface area (Å²) in [6.45, 7) is -0.362. The number of ether oxygens (including phenoxy) is 2. The van der Waals surface area contributed by atoms with Crippen LogP contribution < -0.4 is 9.47 Å². The second kappa shape index (κ2) is 6.53. The van der Waals surface area contributed by atoms with Crippen molar-refractivity contribution >= 4 is 29.3 Å². The predicted molar refractivity (Wildman–Crippen MR) is 79.3 cm³/mol. The lowest BCUT2D eigenvalue weighted by Crippen LogP contribution is -2.37. The first-order valence-corrected chi connectivity index (χ1v) is 7.18. The van der Waals surface area contributed by atoms with Crippen LogP contribution in [0.3, 0.4) is 0 Å². The van der Waals surface area contributed by atoms with Crippen molar-refractivity contribution in [3.63, 3.8) is 0 Å². The van der Waals surface area contributed by atoms with Crippen LogP contribution in [0.15, 0.2) is 23.6 Å². The van der Waals surface area contributed by atoms with E-state index in [1.54, 1.807) is 23.6 Å². The lowest BCUT2D eigenvalue weighted by molar-refractivity contribution is -0.141. The Bertz CT molecular complexity index is 599. The van der Waals surface area contributed by atoms with Gasteiger partial charge in [0.25, 0.3) is 0 Å². The number of carboxylic acids is 1. The molecular formula is C14H15NO5S. The molecule has 1 N–H and O–H groups in total. The van der Waals surface area contributed by atoms with Gasteiger partial charge in [0.15, 0.2) is 11.5 Å². The highest BCUT2D eigenvalue weighted by molar-refractivity contribution is 8.03. The topological polar surface area (TPSA) is 76.1 Å². The summed E-state index contributed by atoms with van der Waals surface area (Å²) >= 11 is 1.34. The van der Waals surface area contributed by atoms with Gasteiger partial charge < -0.3 is 14.6 Å². The lowest BCUT2D eigenvalue weighted by atomic mass is 10.1. The number of hydrogen-bond acceptors (Lipinski definition) is 5. The van der Waals surface area contributed by atoms with E-state index in [0.29, 0.717) is 22.8 Å². The molecule has 0 bridgehead atoms. The van der Waals surface area contributed by atoms with Crippen molar-refractivity contribution in [2.75, 3.05) is 26.5 Å². The highest BCUT2D eigenvalue weighted by Crippen LogP contribution is 2.34. The molecule has 1 aliphatic heterocycles. The number of carboxylic acid groups (broad SMARTS) is 1. The quantitative estimate of drug-likeness (QED) is 0.891. The minimum Gasteiger partial charge on any atom is -0.493 e. The van der Waals surface area contributed by atoms with Crippen LogP contribution in [-0.4, -0.2) is 48.4 Å². The van der Waals surface area contributed by atoms with E-state index in [9.17, 15) is 9.59 Å². The summed E-state index contributed by atoms with van der Waals surface area (Å²) in [6.07, 6.45) is 0. The van der Waals surface area contributed by atoms with E-state index < -0.39 is 5.97 Å². The third kappa shape index (κ3) is 3.30. The van der Waals surface area contributed by atoms with Crippen molar-refractivity contribution < 1.29 is 24.2 Å². The summed E-state index contributed by atoms with van der Waals surface area (Å²) in [7, 11) is 3.05. The monoisotopic (exact) mass is 309 g/mol. The smallest absolute Gasteiger partial charge is 0.323 e. The number of methoxy groups -OCH3 is 2. The molecule has 0 radical (unpaired) electrons. The Morgan fingerprint density at radius 1 is 1.33 bits per heavy atom. The van der Waals surface area contributed by atoms with Crippen molar-refractivity contribution in [3.05, 3.63) is 29.2 Å². The average molecular weight is 309 g/mol. The van der Waals surface area contributed by atoms with E-state index in [1.807, 2.05) is 0 Å². The zero-order valence-corrected chi connectivity index (χ0v) is 12.5. The highest BCUT2D eigenvalue weighted by atomic mass is 32.2. The van der Waals surface area contributed by atoms with E-state index in [1.165, 1.54) is 30.9 Å². The molecule has 0 aliphatic carbocycles. The maximum Gasteiger partial charge on any atom is 0.323 e. The van der Waals surface area contributed by atoms with Crippen LogP contribution in [0.5, 0.6) is 11.5 Å². The van der Waals surface area contributed by atoms with Crippen LogP contribution >= 0.6 is 11.8 Å². The van der Waals surface area contributed by atoms with Crippen molar-refractivity contribution in [2.24, 2.45) is 0 Å². The number of thioether (sulfide) groups is 1. The number of hydrogen-bond donors (Lipinski definition) is 1. The van der Waals surface area contributed by atoms with Crippen LogP contribution in [0, 0.1) is 0 Å². The van der Waals surface area contributed by atoms with Crippen LogP contribution in [0.25, 0.3) is 5.70 Å². The molecular weight excluding hydrogens is 294 g/mol. The molecule has 0 spiro atoms. The second-order valence-corrected chi connectivity index (χ2v) is 5.12. The van der Waals surface area contributed by atoms with Gasteiger partial charge in [0.05, 0.1) is 25.7 Å². The van der Waals surface area contributed by atoms with Crippen LogP contribution in [0.1, 0.15) is 5.56 Å². The molecule has 0 saturated heterocycles. The average Bonchev–Trinajstić information content (AvgIpc) is 2.48. The first-order chi connectivity index (χ1) is 10.1. The summed E-state index contributed by atoms with van der Waals surface area (Å²) in [6, 6.07) is 5.21. The summed E-state index contributed by atoms with van der Waals surface area (Å²) in [5, 5.41) is 10.7. The number of carbonyl (C=O) groups excluding carboxylic acids is 1. The number of carbonyl (C=O) groups is 2. The number of aliphatic carboxylic acids is 1. The van der Waals surface area contributed by atoms with Gasteiger partial charge in [-0.3, -0.25) is 14.5 Å². The Hall–Kier alpha value is -2.15. The molecule has 0 atom stereocenters. The molecule has 6 nitrogen and oxygen atoms in total. The minimum atomic E-state index is -1.05. The van der Waals surface area contributed by atoms with Crippen LogP contribution in [0.4, 0.5) is 0 Å². The van der Waals surface area contributed by atoms with E-state index in [2.05, 4.69) is 0 Å². The fourth-order valence-electron chi connectivity index (χ4n) is 2.00. The maximum atomic E-state index is 11.9. The predicted octanol–water partition coefficient (Wildman–Crippen LogP) is 1.66. The van der Waals surface area contributed by atoms with Gasteiger partial charge in [-0.05, 0) is 23.6 Å². The van der Waals surface area contributed by atoms with Gasteiger partial charge >= 0.3 is 5.97 Å². The molecule has 1 aromatic carbocycles. The van der Waals surface area contributed by atoms with Crippen molar-refractivity contribution in [1.82, 2.24) is 4.90 Å². The highest BCUT2D eigenvalue weighted by Gasteiger charge is 2.25. The van der Waals surface area contributed by atoms with E-state index in [-0.39, 0.29) is 18.2 Å². The Morgan fingerprint density at radius 3 is 2.67 bits per heavy atom. The Kier molecular flexibility index (Phi) is 4.74. The Balaban J connectivity index is 2.40. The van der Waals surface area contributed by atoms with Crippen LogP contribution in [0.2, 0.25) is 0 Å². The Labute approximate surface area is 126 Å². The second-order valence-electron chi connectivity index (χ2n) is 4.26. The van der Waals surface area contributed by atoms with Gasteiger partial charge in [0.1, 0.15) is 6.54 Å². The molecule has 21 heavy (non-hydrogen) atoms. The molecule has 7 heteroatoms. The molecule has 112 valence electrons. The third-order valence-electron chi connectivity index (χ3n) is 2.97. The van der Waals surface area contributed by atoms with Gasteiger partial charge in [0.2, 0.25) is 5.91 Å². The number of amides is 1. The molecule has 1 aromatic rings. The maximum absolute atomic E-state index is 11.9. The molecule has 2 rings (SSSR count). The van der Waals surface area contributed by atoms with Gasteiger partial charge in [-0.1, -0.05) is 0 Å². The zero-order chi connectivity index (χ0) is 15.4. The van der Waals surface area contributed by atoms with E-state index >= 15 is 0 Å². The van der Waals surface area contributed by atoms with Crippen molar-refractivity contribution in [2.45, 2.75) is 0 Å². The summed E-state index contributed by atoms with van der Waals surface area (Å²) in [5.41, 5.74) is 1.26. The zero-order valence-electron chi connectivity index (χ0n) is 11.7. The fourth-order valence-corrected chi connectivity index (χ4v) is 2.80. The molecule has 1 aliphatic rings. The molecule has 0 saturated carbocycles. The van der Waals surface area contributed by atoms with E-state index in [4.69, 9.17) is 14.6 Å². The number of benzene rings is 1. The third-order valence-corrected chi connectivity index (χ3v) is 3.77. The first kappa shape index (κ1) is 15.2. The largest absolute Gasteiger partial charge is 0.493 e. The molecule has 1 amide bonds. The standard InChI is InChI=1S/C14H15NO5S/c1-19-11-4-3-9(5-12(11)20-2)10-7-21-8-13(16)15(10)6-14(17)18/h3-5,7H,6,8H2,1-2H3,(H,17,18). The normalized spacial score (nSPS) is 14.7.